The van der Waals surface area contributed by atoms with E-state index >= 15 is 0 Å². The van der Waals surface area contributed by atoms with Crippen molar-refractivity contribution in [3.8, 4) is 0 Å². The summed E-state index contributed by atoms with van der Waals surface area (Å²) in [5.74, 6) is 1.21. The van der Waals surface area contributed by atoms with Gasteiger partial charge < -0.3 is 20.7 Å². The molecule has 0 bridgehead atoms. The van der Waals surface area contributed by atoms with Gasteiger partial charge in [-0.3, -0.25) is 10.1 Å². The summed E-state index contributed by atoms with van der Waals surface area (Å²) in [4.78, 5) is 21.4. The molecule has 2 aliphatic rings. The largest absolute Gasteiger partial charge is 0.378 e. The lowest BCUT2D eigenvalue weighted by atomic mass is 10.00. The van der Waals surface area contributed by atoms with E-state index in [2.05, 4.69) is 22.2 Å². The molecule has 9 nitrogen and oxygen atoms in total. The van der Waals surface area contributed by atoms with Crippen molar-refractivity contribution in [3.63, 3.8) is 0 Å². The van der Waals surface area contributed by atoms with E-state index in [1.807, 2.05) is 4.90 Å². The molecule has 0 aliphatic carbocycles. The maximum atomic E-state index is 11.3. The Morgan fingerprint density at radius 3 is 2.75 bits per heavy atom. The molecule has 132 valence electrons. The summed E-state index contributed by atoms with van der Waals surface area (Å²) in [6, 6.07) is 0. The molecule has 9 heteroatoms. The number of hydrogen-bond acceptors (Lipinski definition) is 8. The van der Waals surface area contributed by atoms with E-state index in [1.54, 1.807) is 0 Å². The number of nitro groups is 1. The third-order valence-corrected chi connectivity index (χ3v) is 4.67. The molecule has 2 saturated heterocycles. The van der Waals surface area contributed by atoms with Crippen LogP contribution < -0.4 is 16.0 Å². The molecule has 3 heterocycles. The van der Waals surface area contributed by atoms with Gasteiger partial charge in [0, 0.05) is 26.2 Å². The molecule has 2 fully saturated rings. The van der Waals surface area contributed by atoms with Crippen molar-refractivity contribution in [1.29, 1.82) is 0 Å². The van der Waals surface area contributed by atoms with Crippen LogP contribution in [-0.4, -0.2) is 47.2 Å². The van der Waals surface area contributed by atoms with Gasteiger partial charge in [0.05, 0.1) is 11.0 Å². The number of anilines is 3. The lowest BCUT2D eigenvalue weighted by molar-refractivity contribution is -0.383. The Hall–Kier alpha value is -2.16. The molecule has 0 radical (unpaired) electrons. The molecular formula is C15H24N6O3. The Kier molecular flexibility index (Phi) is 4.98. The van der Waals surface area contributed by atoms with Crippen LogP contribution in [0.15, 0.2) is 0 Å². The van der Waals surface area contributed by atoms with E-state index in [4.69, 9.17) is 10.5 Å². The zero-order valence-electron chi connectivity index (χ0n) is 13.9. The summed E-state index contributed by atoms with van der Waals surface area (Å²) < 4.78 is 5.55. The van der Waals surface area contributed by atoms with Gasteiger partial charge >= 0.3 is 5.69 Å². The zero-order chi connectivity index (χ0) is 17.1. The minimum Gasteiger partial charge on any atom is -0.378 e. The van der Waals surface area contributed by atoms with Crippen LogP contribution in [0.4, 0.5) is 23.3 Å². The van der Waals surface area contributed by atoms with Crippen LogP contribution in [0.1, 0.15) is 32.6 Å². The van der Waals surface area contributed by atoms with E-state index in [-0.39, 0.29) is 23.4 Å². The van der Waals surface area contributed by atoms with Crippen molar-refractivity contribution in [2.24, 2.45) is 5.92 Å². The Morgan fingerprint density at radius 1 is 1.38 bits per heavy atom. The van der Waals surface area contributed by atoms with Crippen molar-refractivity contribution in [1.82, 2.24) is 9.97 Å². The predicted octanol–water partition coefficient (Wildman–Crippen LogP) is 1.79. The minimum absolute atomic E-state index is 0.0556. The number of piperidine rings is 1. The van der Waals surface area contributed by atoms with Crippen molar-refractivity contribution in [3.05, 3.63) is 10.1 Å². The van der Waals surface area contributed by atoms with E-state index < -0.39 is 4.92 Å². The summed E-state index contributed by atoms with van der Waals surface area (Å²) >= 11 is 0. The molecule has 1 aromatic rings. The first-order valence-corrected chi connectivity index (χ1v) is 8.47. The van der Waals surface area contributed by atoms with Gasteiger partial charge in [-0.25, -0.2) is 0 Å². The molecule has 0 amide bonds. The van der Waals surface area contributed by atoms with Crippen LogP contribution in [0.3, 0.4) is 0 Å². The SMILES string of the molecule is CC1CCN(c2nc(N)c([N+](=O)[O-])c(NC[C@H]3CCCO3)n2)CC1. The topological polar surface area (TPSA) is 119 Å². The van der Waals surface area contributed by atoms with E-state index in [9.17, 15) is 10.1 Å². The molecule has 0 unspecified atom stereocenters. The Morgan fingerprint density at radius 2 is 2.12 bits per heavy atom. The number of nitrogen functional groups attached to an aromatic ring is 1. The lowest BCUT2D eigenvalue weighted by Gasteiger charge is -2.30. The highest BCUT2D eigenvalue weighted by Crippen LogP contribution is 2.31. The Balaban J connectivity index is 1.81. The summed E-state index contributed by atoms with van der Waals surface area (Å²) in [5.41, 5.74) is 5.59. The number of hydrogen-bond donors (Lipinski definition) is 2. The molecule has 24 heavy (non-hydrogen) atoms. The van der Waals surface area contributed by atoms with Gasteiger partial charge in [0.25, 0.3) is 0 Å². The van der Waals surface area contributed by atoms with Crippen LogP contribution in [0, 0.1) is 16.0 Å². The van der Waals surface area contributed by atoms with Gasteiger partial charge in [-0.2, -0.15) is 9.97 Å². The standard InChI is InChI=1S/C15H24N6O3/c1-10-4-6-20(7-5-10)15-18-13(16)12(21(22)23)14(19-15)17-9-11-3-2-8-24-11/h10-11H,2-9H2,1H3,(H3,16,17,18,19)/t11-/m1/s1. The summed E-state index contributed by atoms with van der Waals surface area (Å²) in [5, 5.41) is 14.4. The molecule has 1 aromatic heterocycles. The van der Waals surface area contributed by atoms with Gasteiger partial charge in [0.2, 0.25) is 17.6 Å². The summed E-state index contributed by atoms with van der Waals surface area (Å²) in [6.07, 6.45) is 4.12. The van der Waals surface area contributed by atoms with E-state index in [1.165, 1.54) is 0 Å². The summed E-state index contributed by atoms with van der Waals surface area (Å²) in [6.45, 7) is 5.11. The second kappa shape index (κ2) is 7.16. The van der Waals surface area contributed by atoms with Crippen molar-refractivity contribution in [2.45, 2.75) is 38.7 Å². The number of nitrogens with one attached hydrogen (secondary N) is 1. The number of aromatic nitrogens is 2. The number of rotatable bonds is 5. The molecule has 0 saturated carbocycles. The normalized spacial score (nSPS) is 21.9. The quantitative estimate of drug-likeness (QED) is 0.617. The number of ether oxygens (including phenoxy) is 1. The van der Waals surface area contributed by atoms with Crippen molar-refractivity contribution >= 4 is 23.3 Å². The zero-order valence-corrected chi connectivity index (χ0v) is 13.9. The second-order valence-electron chi connectivity index (χ2n) is 6.55. The van der Waals surface area contributed by atoms with Crippen LogP contribution in [0.5, 0.6) is 0 Å². The maximum Gasteiger partial charge on any atom is 0.353 e. The highest BCUT2D eigenvalue weighted by Gasteiger charge is 2.27. The number of nitrogens with two attached hydrogens (primary N) is 1. The van der Waals surface area contributed by atoms with Crippen LogP contribution in [-0.2, 0) is 4.74 Å². The highest BCUT2D eigenvalue weighted by atomic mass is 16.6. The smallest absolute Gasteiger partial charge is 0.353 e. The van der Waals surface area contributed by atoms with Crippen LogP contribution in [0.2, 0.25) is 0 Å². The highest BCUT2D eigenvalue weighted by molar-refractivity contribution is 5.70. The van der Waals surface area contributed by atoms with Crippen molar-refractivity contribution in [2.75, 3.05) is 42.2 Å². The molecular weight excluding hydrogens is 312 g/mol. The lowest BCUT2D eigenvalue weighted by Crippen LogP contribution is -2.34. The third kappa shape index (κ3) is 3.66. The second-order valence-corrected chi connectivity index (χ2v) is 6.55. The van der Waals surface area contributed by atoms with Gasteiger partial charge in [-0.1, -0.05) is 6.92 Å². The van der Waals surface area contributed by atoms with E-state index in [0.29, 0.717) is 18.4 Å². The fraction of sp³-hybridized carbons (Fsp3) is 0.733. The minimum atomic E-state index is -0.533. The molecule has 1 atom stereocenters. The first-order valence-electron chi connectivity index (χ1n) is 8.47. The summed E-state index contributed by atoms with van der Waals surface area (Å²) in [7, 11) is 0. The van der Waals surface area contributed by atoms with Gasteiger partial charge in [-0.15, -0.1) is 0 Å². The molecule has 2 aliphatic heterocycles. The van der Waals surface area contributed by atoms with Gasteiger partial charge in [0.1, 0.15) is 0 Å². The number of nitrogens with zero attached hydrogens (tertiary/aromatic N) is 4. The van der Waals surface area contributed by atoms with Crippen LogP contribution in [0.25, 0.3) is 0 Å². The predicted molar refractivity (Wildman–Crippen MR) is 91.2 cm³/mol. The molecule has 3 N–H and O–H groups in total. The molecule has 3 rings (SSSR count). The fourth-order valence-corrected chi connectivity index (χ4v) is 3.13. The van der Waals surface area contributed by atoms with E-state index in [0.717, 1.165) is 45.4 Å². The first-order chi connectivity index (χ1) is 11.5. The third-order valence-electron chi connectivity index (χ3n) is 4.67. The molecule has 0 aromatic carbocycles. The first kappa shape index (κ1) is 16.7. The van der Waals surface area contributed by atoms with Crippen LogP contribution >= 0.6 is 0 Å². The van der Waals surface area contributed by atoms with Gasteiger partial charge in [-0.05, 0) is 31.6 Å². The van der Waals surface area contributed by atoms with Crippen molar-refractivity contribution < 1.29 is 9.66 Å². The molecule has 0 spiro atoms. The van der Waals surface area contributed by atoms with Gasteiger partial charge in [0.15, 0.2) is 0 Å². The Labute approximate surface area is 140 Å². The average Bonchev–Trinajstić information content (AvgIpc) is 3.06. The maximum absolute atomic E-state index is 11.3. The monoisotopic (exact) mass is 336 g/mol. The fourth-order valence-electron chi connectivity index (χ4n) is 3.13. The Bertz CT molecular complexity index is 597. The average molecular weight is 336 g/mol.